The van der Waals surface area contributed by atoms with Crippen molar-refractivity contribution in [3.05, 3.63) is 42.7 Å². The second kappa shape index (κ2) is 8.05. The molecule has 0 radical (unpaired) electrons. The van der Waals surface area contributed by atoms with Crippen LogP contribution in [0.15, 0.2) is 37.2 Å². The topological polar surface area (TPSA) is 24.9 Å². The van der Waals surface area contributed by atoms with Crippen LogP contribution in [0.1, 0.15) is 44.2 Å². The maximum absolute atomic E-state index is 4.18. The van der Waals surface area contributed by atoms with Crippen molar-refractivity contribution in [2.75, 3.05) is 6.54 Å². The molecule has 0 fully saturated rings. The Morgan fingerprint density at radius 1 is 1.56 bits per heavy atom. The van der Waals surface area contributed by atoms with Crippen LogP contribution in [0.2, 0.25) is 0 Å². The second-order valence-electron chi connectivity index (χ2n) is 4.01. The van der Waals surface area contributed by atoms with Gasteiger partial charge >= 0.3 is 0 Å². The molecule has 0 bridgehead atoms. The minimum atomic E-state index is 0.439. The largest absolute Gasteiger partial charge is 0.310 e. The first-order valence-corrected chi connectivity index (χ1v) is 6.12. The fraction of sp³-hybridized carbons (Fsp3) is 0.500. The maximum atomic E-state index is 4.18. The summed E-state index contributed by atoms with van der Waals surface area (Å²) in [6.45, 7) is 7.01. The minimum Gasteiger partial charge on any atom is -0.310 e. The van der Waals surface area contributed by atoms with Gasteiger partial charge in [-0.25, -0.2) is 0 Å². The molecule has 16 heavy (non-hydrogen) atoms. The maximum Gasteiger partial charge on any atom is 0.0335 e. The molecule has 1 rings (SSSR count). The van der Waals surface area contributed by atoms with E-state index in [4.69, 9.17) is 0 Å². The van der Waals surface area contributed by atoms with E-state index in [1.54, 1.807) is 0 Å². The Morgan fingerprint density at radius 3 is 3.06 bits per heavy atom. The average molecular weight is 218 g/mol. The lowest BCUT2D eigenvalue weighted by Crippen LogP contribution is -2.22. The molecular formula is C14H22N2. The molecule has 0 aliphatic rings. The summed E-state index contributed by atoms with van der Waals surface area (Å²) in [5, 5.41) is 3.57. The lowest BCUT2D eigenvalue weighted by molar-refractivity contribution is 0.485. The molecule has 0 aromatic carbocycles. The summed E-state index contributed by atoms with van der Waals surface area (Å²) in [7, 11) is 0. The molecule has 2 heteroatoms. The summed E-state index contributed by atoms with van der Waals surface area (Å²) in [6, 6.07) is 4.59. The van der Waals surface area contributed by atoms with E-state index in [2.05, 4.69) is 29.9 Å². The van der Waals surface area contributed by atoms with Crippen LogP contribution in [-0.2, 0) is 0 Å². The average Bonchev–Trinajstić information content (AvgIpc) is 2.35. The van der Waals surface area contributed by atoms with Crippen LogP contribution in [0.3, 0.4) is 0 Å². The summed E-state index contributed by atoms with van der Waals surface area (Å²) in [5.74, 6) is 0. The van der Waals surface area contributed by atoms with Gasteiger partial charge in [-0.2, -0.15) is 0 Å². The predicted molar refractivity (Wildman–Crippen MR) is 69.3 cm³/mol. The number of unbranched alkanes of at least 4 members (excludes halogenated alkanes) is 1. The van der Waals surface area contributed by atoms with Gasteiger partial charge in [0.2, 0.25) is 0 Å². The molecule has 1 unspecified atom stereocenters. The zero-order chi connectivity index (χ0) is 11.6. The molecule has 1 heterocycles. The van der Waals surface area contributed by atoms with Crippen molar-refractivity contribution in [3.63, 3.8) is 0 Å². The van der Waals surface area contributed by atoms with Crippen LogP contribution >= 0.6 is 0 Å². The smallest absolute Gasteiger partial charge is 0.0335 e. The van der Waals surface area contributed by atoms with E-state index in [9.17, 15) is 0 Å². The van der Waals surface area contributed by atoms with Gasteiger partial charge < -0.3 is 5.32 Å². The van der Waals surface area contributed by atoms with Crippen molar-refractivity contribution in [2.45, 2.75) is 38.6 Å². The van der Waals surface area contributed by atoms with Crippen LogP contribution in [0.5, 0.6) is 0 Å². The molecule has 88 valence electrons. The standard InChI is InChI=1S/C14H22N2/c1-3-5-6-9-14(16-10-4-2)13-8-7-11-15-12-13/h3,7-8,11-12,14,16H,1,4-6,9-10H2,2H3. The third-order valence-electron chi connectivity index (χ3n) is 2.63. The van der Waals surface area contributed by atoms with Gasteiger partial charge in [0.15, 0.2) is 0 Å². The summed E-state index contributed by atoms with van der Waals surface area (Å²) in [5.41, 5.74) is 1.29. The highest BCUT2D eigenvalue weighted by Crippen LogP contribution is 2.18. The summed E-state index contributed by atoms with van der Waals surface area (Å²) in [4.78, 5) is 4.18. The quantitative estimate of drug-likeness (QED) is 0.534. The Balaban J connectivity index is 2.52. The van der Waals surface area contributed by atoms with Gasteiger partial charge in [-0.15, -0.1) is 6.58 Å². The number of nitrogens with one attached hydrogen (secondary N) is 1. The Bertz CT molecular complexity index is 282. The Kier molecular flexibility index (Phi) is 6.50. The van der Waals surface area contributed by atoms with Crippen molar-refractivity contribution < 1.29 is 0 Å². The normalized spacial score (nSPS) is 12.3. The third kappa shape index (κ3) is 4.58. The van der Waals surface area contributed by atoms with E-state index >= 15 is 0 Å². The lowest BCUT2D eigenvalue weighted by Gasteiger charge is -2.18. The van der Waals surface area contributed by atoms with Crippen LogP contribution in [0.4, 0.5) is 0 Å². The highest BCUT2D eigenvalue weighted by atomic mass is 14.9. The lowest BCUT2D eigenvalue weighted by atomic mass is 10.0. The molecule has 2 nitrogen and oxygen atoms in total. The Labute approximate surface area is 98.8 Å². The SMILES string of the molecule is C=CCCCC(NCCC)c1cccnc1. The number of rotatable bonds is 8. The van der Waals surface area contributed by atoms with Gasteiger partial charge in [-0.1, -0.05) is 19.1 Å². The van der Waals surface area contributed by atoms with Crippen LogP contribution < -0.4 is 5.32 Å². The first-order valence-electron chi connectivity index (χ1n) is 6.12. The first kappa shape index (κ1) is 12.9. The third-order valence-corrected chi connectivity index (χ3v) is 2.63. The van der Waals surface area contributed by atoms with Crippen molar-refractivity contribution in [2.24, 2.45) is 0 Å². The minimum absolute atomic E-state index is 0.439. The van der Waals surface area contributed by atoms with Gasteiger partial charge in [0.1, 0.15) is 0 Å². The number of aromatic nitrogens is 1. The van der Waals surface area contributed by atoms with Crippen molar-refractivity contribution >= 4 is 0 Å². The van der Waals surface area contributed by atoms with E-state index in [1.807, 2.05) is 24.5 Å². The van der Waals surface area contributed by atoms with Gasteiger partial charge in [-0.3, -0.25) is 4.98 Å². The van der Waals surface area contributed by atoms with Gasteiger partial charge in [0.05, 0.1) is 0 Å². The summed E-state index contributed by atoms with van der Waals surface area (Å²) >= 11 is 0. The van der Waals surface area contributed by atoms with E-state index in [-0.39, 0.29) is 0 Å². The number of hydrogen-bond acceptors (Lipinski definition) is 2. The van der Waals surface area contributed by atoms with E-state index in [0.717, 1.165) is 25.8 Å². The molecule has 0 spiro atoms. The molecule has 1 aromatic rings. The molecule has 0 saturated carbocycles. The first-order chi connectivity index (χ1) is 7.88. The molecular weight excluding hydrogens is 196 g/mol. The van der Waals surface area contributed by atoms with Crippen LogP contribution in [-0.4, -0.2) is 11.5 Å². The zero-order valence-corrected chi connectivity index (χ0v) is 10.2. The highest BCUT2D eigenvalue weighted by Gasteiger charge is 2.09. The van der Waals surface area contributed by atoms with E-state index in [0.29, 0.717) is 6.04 Å². The number of allylic oxidation sites excluding steroid dienone is 1. The van der Waals surface area contributed by atoms with Crippen molar-refractivity contribution in [1.29, 1.82) is 0 Å². The zero-order valence-electron chi connectivity index (χ0n) is 10.2. The number of hydrogen-bond donors (Lipinski definition) is 1. The molecule has 1 atom stereocenters. The summed E-state index contributed by atoms with van der Waals surface area (Å²) in [6.07, 6.45) is 10.4. The van der Waals surface area contributed by atoms with E-state index < -0.39 is 0 Å². The van der Waals surface area contributed by atoms with Crippen LogP contribution in [0.25, 0.3) is 0 Å². The molecule has 0 saturated heterocycles. The Morgan fingerprint density at radius 2 is 2.44 bits per heavy atom. The van der Waals surface area contributed by atoms with Gasteiger partial charge in [0.25, 0.3) is 0 Å². The monoisotopic (exact) mass is 218 g/mol. The number of pyridine rings is 1. The Hall–Kier alpha value is -1.15. The van der Waals surface area contributed by atoms with Crippen molar-refractivity contribution in [1.82, 2.24) is 10.3 Å². The van der Waals surface area contributed by atoms with Crippen molar-refractivity contribution in [3.8, 4) is 0 Å². The molecule has 0 amide bonds. The summed E-state index contributed by atoms with van der Waals surface area (Å²) < 4.78 is 0. The fourth-order valence-electron chi connectivity index (χ4n) is 1.75. The molecule has 1 N–H and O–H groups in total. The highest BCUT2D eigenvalue weighted by molar-refractivity contribution is 5.13. The molecule has 0 aliphatic carbocycles. The van der Waals surface area contributed by atoms with E-state index in [1.165, 1.54) is 12.0 Å². The second-order valence-corrected chi connectivity index (χ2v) is 4.01. The molecule has 0 aliphatic heterocycles. The van der Waals surface area contributed by atoms with Gasteiger partial charge in [-0.05, 0) is 43.9 Å². The fourth-order valence-corrected chi connectivity index (χ4v) is 1.75. The predicted octanol–water partition coefficient (Wildman–Crippen LogP) is 3.48. The molecule has 1 aromatic heterocycles. The van der Waals surface area contributed by atoms with Crippen LogP contribution in [0, 0.1) is 0 Å². The number of nitrogens with zero attached hydrogens (tertiary/aromatic N) is 1. The van der Waals surface area contributed by atoms with Gasteiger partial charge in [0, 0.05) is 18.4 Å².